The minimum atomic E-state index is -4.08. The minimum absolute atomic E-state index is 0.00488. The number of cyclic esters (lactones) is 1. The number of benzene rings is 2. The molecule has 2 N–H and O–H groups in total. The SMILES string of the molecule is CC[C@@H](C)CN(C[C@@H](O)[C@H](Cc1ccccc1)NC(=O)C1CN(c2ccccn2)C(=O)O1)S(=O)(=O)c1ccc2c(c1)OCO2. The molecule has 0 aliphatic carbocycles. The predicted octanol–water partition coefficient (Wildman–Crippen LogP) is 2.96. The fourth-order valence-corrected chi connectivity index (χ4v) is 6.59. The molecule has 44 heavy (non-hydrogen) atoms. The number of pyridine rings is 1. The summed E-state index contributed by atoms with van der Waals surface area (Å²) in [6.07, 6.45) is -0.712. The van der Waals surface area contributed by atoms with Crippen molar-refractivity contribution in [1.82, 2.24) is 14.6 Å². The van der Waals surface area contributed by atoms with E-state index in [-0.39, 0.29) is 43.7 Å². The number of nitrogens with one attached hydrogen (secondary N) is 1. The smallest absolute Gasteiger partial charge is 0.416 e. The van der Waals surface area contributed by atoms with Crippen LogP contribution >= 0.6 is 0 Å². The second kappa shape index (κ2) is 13.6. The van der Waals surface area contributed by atoms with Crippen LogP contribution in [0.4, 0.5) is 10.6 Å². The van der Waals surface area contributed by atoms with Gasteiger partial charge in [-0.2, -0.15) is 4.31 Å². The van der Waals surface area contributed by atoms with Crippen LogP contribution in [0.5, 0.6) is 11.5 Å². The molecular formula is C31H36N4O8S. The summed E-state index contributed by atoms with van der Waals surface area (Å²) < 4.78 is 45.1. The van der Waals surface area contributed by atoms with Crippen LogP contribution in [0.3, 0.4) is 0 Å². The molecule has 0 radical (unpaired) electrons. The van der Waals surface area contributed by atoms with Crippen LogP contribution in [-0.4, -0.2) is 79.5 Å². The monoisotopic (exact) mass is 624 g/mol. The highest BCUT2D eigenvalue weighted by atomic mass is 32.2. The Morgan fingerprint density at radius 2 is 1.84 bits per heavy atom. The van der Waals surface area contributed by atoms with E-state index in [0.717, 1.165) is 5.56 Å². The summed E-state index contributed by atoms with van der Waals surface area (Å²) in [5.74, 6) is 0.517. The molecule has 2 amide bonds. The first-order valence-corrected chi connectivity index (χ1v) is 15.9. The van der Waals surface area contributed by atoms with E-state index in [2.05, 4.69) is 10.3 Å². The van der Waals surface area contributed by atoms with Gasteiger partial charge in [0.2, 0.25) is 16.8 Å². The molecular weight excluding hydrogens is 588 g/mol. The third-order valence-corrected chi connectivity index (χ3v) is 9.53. The lowest BCUT2D eigenvalue weighted by molar-refractivity contribution is -0.129. The Labute approximate surface area is 256 Å². The van der Waals surface area contributed by atoms with Crippen molar-refractivity contribution >= 4 is 27.8 Å². The Morgan fingerprint density at radius 1 is 1.09 bits per heavy atom. The maximum Gasteiger partial charge on any atom is 0.416 e. The molecule has 1 unspecified atom stereocenters. The van der Waals surface area contributed by atoms with Crippen LogP contribution in [-0.2, 0) is 26.0 Å². The third-order valence-electron chi connectivity index (χ3n) is 7.71. The summed E-state index contributed by atoms with van der Waals surface area (Å²) in [7, 11) is -4.08. The number of aliphatic hydroxyl groups is 1. The molecule has 2 aromatic carbocycles. The number of aromatic nitrogens is 1. The van der Waals surface area contributed by atoms with Crippen molar-refractivity contribution in [2.45, 2.75) is 49.8 Å². The fourth-order valence-electron chi connectivity index (χ4n) is 5.00. The molecule has 13 heteroatoms. The highest BCUT2D eigenvalue weighted by molar-refractivity contribution is 7.89. The summed E-state index contributed by atoms with van der Waals surface area (Å²) in [4.78, 5) is 31.4. The van der Waals surface area contributed by atoms with E-state index in [1.165, 1.54) is 27.5 Å². The van der Waals surface area contributed by atoms with Crippen LogP contribution in [0.25, 0.3) is 0 Å². The molecule has 4 atom stereocenters. The topological polar surface area (TPSA) is 148 Å². The molecule has 0 saturated carbocycles. The Bertz CT molecular complexity index is 1560. The average molecular weight is 625 g/mol. The zero-order chi connectivity index (χ0) is 31.3. The van der Waals surface area contributed by atoms with E-state index in [0.29, 0.717) is 23.7 Å². The summed E-state index contributed by atoms with van der Waals surface area (Å²) in [6.45, 7) is 3.69. The highest BCUT2D eigenvalue weighted by Crippen LogP contribution is 2.35. The molecule has 12 nitrogen and oxygen atoms in total. The Hall–Kier alpha value is -4.20. The van der Waals surface area contributed by atoms with Gasteiger partial charge < -0.3 is 24.6 Å². The summed E-state index contributed by atoms with van der Waals surface area (Å²) in [6, 6.07) is 17.8. The van der Waals surface area contributed by atoms with Crippen molar-refractivity contribution in [3.63, 3.8) is 0 Å². The zero-order valence-electron chi connectivity index (χ0n) is 24.5. The first-order valence-electron chi connectivity index (χ1n) is 14.5. The van der Waals surface area contributed by atoms with Crippen molar-refractivity contribution in [2.24, 2.45) is 5.92 Å². The number of hydrogen-bond acceptors (Lipinski definition) is 9. The number of amides is 2. The van der Waals surface area contributed by atoms with Gasteiger partial charge in [-0.15, -0.1) is 0 Å². The zero-order valence-corrected chi connectivity index (χ0v) is 25.4. The quantitative estimate of drug-likeness (QED) is 0.293. The fraction of sp³-hybridized carbons (Fsp3) is 0.387. The van der Waals surface area contributed by atoms with Crippen LogP contribution < -0.4 is 19.7 Å². The van der Waals surface area contributed by atoms with Gasteiger partial charge in [0.1, 0.15) is 5.82 Å². The number of carbonyl (C=O) groups excluding carboxylic acids is 2. The third kappa shape index (κ3) is 7.12. The Morgan fingerprint density at radius 3 is 2.57 bits per heavy atom. The Balaban J connectivity index is 1.37. The first-order chi connectivity index (χ1) is 21.2. The number of fused-ring (bicyclic) bond motifs is 1. The van der Waals surface area contributed by atoms with E-state index >= 15 is 0 Å². The first kappa shape index (κ1) is 31.2. The van der Waals surface area contributed by atoms with Crippen LogP contribution in [0.1, 0.15) is 25.8 Å². The second-order valence-electron chi connectivity index (χ2n) is 10.9. The van der Waals surface area contributed by atoms with Gasteiger partial charge in [0, 0.05) is 25.4 Å². The largest absolute Gasteiger partial charge is 0.454 e. The standard InChI is InChI=1S/C31H36N4O8S/c1-3-21(2)17-34(44(39,40)23-12-13-26-27(16-23)42-20-41-26)18-25(36)24(15-22-9-5-4-6-10-22)33-30(37)28-19-35(31(38)43-28)29-11-7-8-14-32-29/h4-14,16,21,24-25,28,36H,3,15,17-20H2,1-2H3,(H,33,37)/t21-,24+,25-,28?/m1/s1. The molecule has 3 aromatic rings. The van der Waals surface area contributed by atoms with Crippen LogP contribution in [0, 0.1) is 5.92 Å². The summed E-state index contributed by atoms with van der Waals surface area (Å²) >= 11 is 0. The normalized spacial score (nSPS) is 18.1. The van der Waals surface area contributed by atoms with Gasteiger partial charge in [0.05, 0.1) is 23.6 Å². The van der Waals surface area contributed by atoms with Gasteiger partial charge in [-0.25, -0.2) is 18.2 Å². The highest BCUT2D eigenvalue weighted by Gasteiger charge is 2.39. The van der Waals surface area contributed by atoms with Crippen LogP contribution in [0.15, 0.2) is 77.8 Å². The number of aliphatic hydroxyl groups excluding tert-OH is 1. The predicted molar refractivity (Wildman–Crippen MR) is 161 cm³/mol. The maximum atomic E-state index is 13.9. The Kier molecular flexibility index (Phi) is 9.67. The van der Waals surface area contributed by atoms with Crippen molar-refractivity contribution in [3.05, 3.63) is 78.5 Å². The van der Waals surface area contributed by atoms with E-state index in [1.54, 1.807) is 24.3 Å². The van der Waals surface area contributed by atoms with Gasteiger partial charge in [0.25, 0.3) is 5.91 Å². The number of carbonyl (C=O) groups is 2. The van der Waals surface area contributed by atoms with Crippen molar-refractivity contribution in [2.75, 3.05) is 31.3 Å². The second-order valence-corrected chi connectivity index (χ2v) is 12.8. The lowest BCUT2D eigenvalue weighted by Gasteiger charge is -2.31. The van der Waals surface area contributed by atoms with Gasteiger partial charge in [-0.1, -0.05) is 56.7 Å². The molecule has 2 aliphatic heterocycles. The summed E-state index contributed by atoms with van der Waals surface area (Å²) in [5.41, 5.74) is 0.822. The summed E-state index contributed by atoms with van der Waals surface area (Å²) in [5, 5.41) is 14.4. The number of hydrogen-bond donors (Lipinski definition) is 2. The van der Waals surface area contributed by atoms with Crippen molar-refractivity contribution < 1.29 is 37.3 Å². The van der Waals surface area contributed by atoms with E-state index in [4.69, 9.17) is 14.2 Å². The van der Waals surface area contributed by atoms with Crippen molar-refractivity contribution in [3.8, 4) is 11.5 Å². The number of ether oxygens (including phenoxy) is 3. The number of rotatable bonds is 13. The maximum absolute atomic E-state index is 13.9. The van der Waals surface area contributed by atoms with Gasteiger partial charge in [0.15, 0.2) is 17.6 Å². The number of sulfonamides is 1. The molecule has 0 spiro atoms. The molecule has 234 valence electrons. The molecule has 2 aliphatic rings. The molecule has 3 heterocycles. The lowest BCUT2D eigenvalue weighted by atomic mass is 10.0. The van der Waals surface area contributed by atoms with Crippen LogP contribution in [0.2, 0.25) is 0 Å². The van der Waals surface area contributed by atoms with E-state index in [1.807, 2.05) is 44.2 Å². The number of nitrogens with zero attached hydrogens (tertiary/aromatic N) is 3. The van der Waals surface area contributed by atoms with E-state index in [9.17, 15) is 23.1 Å². The average Bonchev–Trinajstić information content (AvgIpc) is 3.67. The lowest BCUT2D eigenvalue weighted by Crippen LogP contribution is -2.53. The number of anilines is 1. The minimum Gasteiger partial charge on any atom is -0.454 e. The molecule has 0 bridgehead atoms. The molecule has 1 fully saturated rings. The van der Waals surface area contributed by atoms with Gasteiger partial charge >= 0.3 is 6.09 Å². The molecule has 1 aromatic heterocycles. The molecule has 5 rings (SSSR count). The molecule has 1 saturated heterocycles. The van der Waals surface area contributed by atoms with Gasteiger partial charge in [-0.05, 0) is 42.2 Å². The van der Waals surface area contributed by atoms with Gasteiger partial charge in [-0.3, -0.25) is 9.69 Å². The van der Waals surface area contributed by atoms with Crippen molar-refractivity contribution in [1.29, 1.82) is 0 Å². The van der Waals surface area contributed by atoms with E-state index < -0.39 is 40.3 Å².